The van der Waals surface area contributed by atoms with E-state index in [1.54, 1.807) is 36.5 Å². The Kier molecular flexibility index (Phi) is 7.53. The largest absolute Gasteiger partial charge is 0.486 e. The Morgan fingerprint density at radius 3 is 2.46 bits per heavy atom. The highest BCUT2D eigenvalue weighted by molar-refractivity contribution is 7.37. The summed E-state index contributed by atoms with van der Waals surface area (Å²) in [6.07, 6.45) is 1.23. The van der Waals surface area contributed by atoms with Crippen LogP contribution in [-0.4, -0.2) is 20.6 Å². The van der Waals surface area contributed by atoms with Gasteiger partial charge in [0.05, 0.1) is 10.9 Å². The molecule has 5 rings (SSSR count). The average Bonchev–Trinajstić information content (AvgIpc) is 3.52. The first-order chi connectivity index (χ1) is 18.4. The molecule has 0 aliphatic rings. The number of hydrogen-bond donors (Lipinski definition) is 1. The number of fused-ring (bicyclic) bond motifs is 2. The number of rotatable bonds is 9. The van der Waals surface area contributed by atoms with Gasteiger partial charge in [0.15, 0.2) is 0 Å². The van der Waals surface area contributed by atoms with Crippen molar-refractivity contribution in [1.29, 1.82) is 0 Å². The quantitative estimate of drug-likeness (QED) is 0.189. The standard InChI is InChI=1S/C31H33ClN2O3S2/c1-30(2,3)15-23-22-14-21(37-18-27-33-24-12-13-38-28(24)39-27)10-11-25(22)34(17-19-6-8-20(32)9-7-19)26(23)16-31(4,5)29(35)36/h6-14H,15-18H2,1-5H3,(H,35,36). The van der Waals surface area contributed by atoms with Gasteiger partial charge < -0.3 is 14.4 Å². The zero-order valence-corrected chi connectivity index (χ0v) is 25.3. The first-order valence-electron chi connectivity index (χ1n) is 13.0. The number of ether oxygens (including phenoxy) is 1. The Morgan fingerprint density at radius 1 is 1.05 bits per heavy atom. The van der Waals surface area contributed by atoms with E-state index in [0.717, 1.165) is 44.9 Å². The van der Waals surface area contributed by atoms with Crippen molar-refractivity contribution in [2.24, 2.45) is 10.8 Å². The molecule has 8 heteroatoms. The molecule has 2 aromatic carbocycles. The third-order valence-electron chi connectivity index (χ3n) is 6.84. The van der Waals surface area contributed by atoms with Gasteiger partial charge in [-0.15, -0.1) is 22.7 Å². The number of benzene rings is 2. The lowest BCUT2D eigenvalue weighted by Gasteiger charge is -2.24. The van der Waals surface area contributed by atoms with Crippen molar-refractivity contribution < 1.29 is 14.6 Å². The Morgan fingerprint density at radius 2 is 1.79 bits per heavy atom. The topological polar surface area (TPSA) is 64.3 Å². The number of carboxylic acids is 1. The first-order valence-corrected chi connectivity index (χ1v) is 15.0. The third kappa shape index (κ3) is 6.16. The van der Waals surface area contributed by atoms with Crippen molar-refractivity contribution in [1.82, 2.24) is 9.55 Å². The number of carboxylic acid groups (broad SMARTS) is 1. The van der Waals surface area contributed by atoms with Crippen LogP contribution in [0.15, 0.2) is 53.9 Å². The van der Waals surface area contributed by atoms with E-state index in [2.05, 4.69) is 47.8 Å². The first kappa shape index (κ1) is 27.7. The smallest absolute Gasteiger partial charge is 0.309 e. The summed E-state index contributed by atoms with van der Waals surface area (Å²) in [6, 6.07) is 16.1. The Hall–Kier alpha value is -2.87. The predicted octanol–water partition coefficient (Wildman–Crippen LogP) is 8.84. The molecule has 0 atom stereocenters. The van der Waals surface area contributed by atoms with E-state index in [9.17, 15) is 9.90 Å². The van der Waals surface area contributed by atoms with Gasteiger partial charge in [-0.25, -0.2) is 4.98 Å². The van der Waals surface area contributed by atoms with Crippen LogP contribution in [0.25, 0.3) is 20.4 Å². The number of aromatic nitrogens is 2. The molecule has 204 valence electrons. The molecular formula is C31H33ClN2O3S2. The average molecular weight is 581 g/mol. The maximum atomic E-state index is 12.2. The minimum atomic E-state index is -0.921. The van der Waals surface area contributed by atoms with Crippen LogP contribution in [0.3, 0.4) is 0 Å². The third-order valence-corrected chi connectivity index (χ3v) is 9.16. The predicted molar refractivity (Wildman–Crippen MR) is 163 cm³/mol. The van der Waals surface area contributed by atoms with Gasteiger partial charge in [0.1, 0.15) is 21.4 Å². The Balaban J connectivity index is 1.60. The highest BCUT2D eigenvalue weighted by atomic mass is 35.5. The van der Waals surface area contributed by atoms with Crippen LogP contribution < -0.4 is 4.74 Å². The van der Waals surface area contributed by atoms with E-state index < -0.39 is 11.4 Å². The van der Waals surface area contributed by atoms with Crippen LogP contribution in [0.4, 0.5) is 0 Å². The molecule has 3 heterocycles. The number of thiazole rings is 1. The second-order valence-electron chi connectivity index (χ2n) is 11.9. The van der Waals surface area contributed by atoms with Crippen molar-refractivity contribution in [3.05, 3.63) is 80.8 Å². The van der Waals surface area contributed by atoms with Crippen molar-refractivity contribution >= 4 is 60.7 Å². The minimum absolute atomic E-state index is 0.00496. The summed E-state index contributed by atoms with van der Waals surface area (Å²) in [4.78, 5) is 16.9. The number of carbonyl (C=O) groups is 1. The molecule has 0 fully saturated rings. The zero-order chi connectivity index (χ0) is 27.9. The lowest BCUT2D eigenvalue weighted by molar-refractivity contribution is -0.146. The zero-order valence-electron chi connectivity index (χ0n) is 22.9. The van der Waals surface area contributed by atoms with Gasteiger partial charge in [0.2, 0.25) is 0 Å². The summed E-state index contributed by atoms with van der Waals surface area (Å²) in [6.45, 7) is 11.3. The summed E-state index contributed by atoms with van der Waals surface area (Å²) >= 11 is 9.53. The van der Waals surface area contributed by atoms with E-state index >= 15 is 0 Å². The van der Waals surface area contributed by atoms with Gasteiger partial charge in [-0.3, -0.25) is 4.79 Å². The highest BCUT2D eigenvalue weighted by Crippen LogP contribution is 2.38. The van der Waals surface area contributed by atoms with Crippen LogP contribution in [0.2, 0.25) is 5.02 Å². The normalized spacial score (nSPS) is 12.5. The minimum Gasteiger partial charge on any atom is -0.486 e. The summed E-state index contributed by atoms with van der Waals surface area (Å²) in [5.41, 5.74) is 4.53. The monoisotopic (exact) mass is 580 g/mol. The van der Waals surface area contributed by atoms with E-state index in [4.69, 9.17) is 16.3 Å². The van der Waals surface area contributed by atoms with E-state index in [-0.39, 0.29) is 5.41 Å². The van der Waals surface area contributed by atoms with Gasteiger partial charge in [-0.1, -0.05) is 44.5 Å². The van der Waals surface area contributed by atoms with Gasteiger partial charge in [-0.05, 0) is 78.6 Å². The molecule has 0 bridgehead atoms. The second kappa shape index (κ2) is 10.6. The second-order valence-corrected chi connectivity index (χ2v) is 14.6. The fourth-order valence-electron chi connectivity index (χ4n) is 4.84. The fraction of sp³-hybridized carbons (Fsp3) is 0.355. The molecule has 39 heavy (non-hydrogen) atoms. The molecule has 5 nitrogen and oxygen atoms in total. The van der Waals surface area contributed by atoms with Gasteiger partial charge in [0, 0.05) is 34.6 Å². The highest BCUT2D eigenvalue weighted by Gasteiger charge is 2.32. The fourth-order valence-corrected chi connectivity index (χ4v) is 6.86. The molecule has 0 aliphatic carbocycles. The molecule has 0 radical (unpaired) electrons. The Bertz CT molecular complexity index is 1610. The number of halogens is 1. The molecule has 0 amide bonds. The number of thiophene rings is 1. The summed E-state index contributed by atoms with van der Waals surface area (Å²) in [5, 5.41) is 14.8. The maximum absolute atomic E-state index is 12.2. The van der Waals surface area contributed by atoms with Crippen LogP contribution in [-0.2, 0) is 30.8 Å². The molecule has 0 unspecified atom stereocenters. The number of aliphatic carboxylic acids is 1. The molecule has 3 aromatic heterocycles. The van der Waals surface area contributed by atoms with Crippen molar-refractivity contribution in [3.8, 4) is 5.75 Å². The molecular weight excluding hydrogens is 548 g/mol. The van der Waals surface area contributed by atoms with Gasteiger partial charge in [-0.2, -0.15) is 0 Å². The molecule has 5 aromatic rings. The number of nitrogens with zero attached hydrogens (tertiary/aromatic N) is 2. The molecule has 1 N–H and O–H groups in total. The lowest BCUT2D eigenvalue weighted by Crippen LogP contribution is -2.28. The van der Waals surface area contributed by atoms with Gasteiger partial charge in [0.25, 0.3) is 0 Å². The molecule has 0 saturated heterocycles. The van der Waals surface area contributed by atoms with Crippen LogP contribution in [0.5, 0.6) is 5.75 Å². The SMILES string of the molecule is CC(C)(C)Cc1c(CC(C)(C)C(=O)O)n(Cc2ccc(Cl)cc2)c2ccc(OCc3nc4ccsc4s3)cc12. The van der Waals surface area contributed by atoms with Gasteiger partial charge >= 0.3 is 5.97 Å². The van der Waals surface area contributed by atoms with E-state index in [1.807, 2.05) is 36.4 Å². The van der Waals surface area contributed by atoms with Crippen LogP contribution in [0.1, 0.15) is 56.4 Å². The van der Waals surface area contributed by atoms with Crippen LogP contribution in [0, 0.1) is 10.8 Å². The maximum Gasteiger partial charge on any atom is 0.309 e. The van der Waals surface area contributed by atoms with E-state index in [0.29, 0.717) is 24.6 Å². The van der Waals surface area contributed by atoms with Crippen LogP contribution >= 0.6 is 34.3 Å². The molecule has 0 saturated carbocycles. The molecule has 0 aliphatic heterocycles. The summed E-state index contributed by atoms with van der Waals surface area (Å²) in [5.74, 6) is -0.0243. The summed E-state index contributed by atoms with van der Waals surface area (Å²) in [7, 11) is 0. The summed E-state index contributed by atoms with van der Waals surface area (Å²) < 4.78 is 9.73. The molecule has 0 spiro atoms. The van der Waals surface area contributed by atoms with Crippen molar-refractivity contribution in [2.45, 2.75) is 60.6 Å². The number of hydrogen-bond acceptors (Lipinski definition) is 5. The lowest BCUT2D eigenvalue weighted by atomic mass is 9.82. The van der Waals surface area contributed by atoms with Crippen molar-refractivity contribution in [3.63, 3.8) is 0 Å². The van der Waals surface area contributed by atoms with Crippen molar-refractivity contribution in [2.75, 3.05) is 0 Å². The van der Waals surface area contributed by atoms with E-state index in [1.165, 1.54) is 9.58 Å². The Labute approximate surface area is 242 Å².